The summed E-state index contributed by atoms with van der Waals surface area (Å²) in [4.78, 5) is 13.7. The molecular weight excluding hydrogens is 200 g/mol. The van der Waals surface area contributed by atoms with E-state index < -0.39 is 0 Å². The molecule has 0 fully saturated rings. The van der Waals surface area contributed by atoms with Crippen molar-refractivity contribution in [3.63, 3.8) is 0 Å². The summed E-state index contributed by atoms with van der Waals surface area (Å²) in [5.41, 5.74) is 1.82. The second-order valence-electron chi connectivity index (χ2n) is 3.66. The first-order chi connectivity index (χ1) is 7.69. The zero-order chi connectivity index (χ0) is 12.0. The minimum atomic E-state index is -0.00208. The zero-order valence-corrected chi connectivity index (χ0v) is 9.73. The molecule has 0 bridgehead atoms. The molecule has 3 nitrogen and oxygen atoms in total. The molecule has 0 aliphatic rings. The molecule has 0 spiro atoms. The van der Waals surface area contributed by atoms with Crippen LogP contribution in [0.25, 0.3) is 0 Å². The van der Waals surface area contributed by atoms with Crippen molar-refractivity contribution < 1.29 is 4.79 Å². The van der Waals surface area contributed by atoms with Crippen LogP contribution >= 0.6 is 0 Å². The number of carbonyl (C=O) groups excluding carboxylic acids is 1. The van der Waals surface area contributed by atoms with Crippen molar-refractivity contribution in [3.05, 3.63) is 35.4 Å². The van der Waals surface area contributed by atoms with E-state index in [0.29, 0.717) is 25.1 Å². The summed E-state index contributed by atoms with van der Waals surface area (Å²) in [5, 5.41) is 8.51. The summed E-state index contributed by atoms with van der Waals surface area (Å²) >= 11 is 0. The Morgan fingerprint density at radius 1 is 1.38 bits per heavy atom. The number of benzene rings is 1. The van der Waals surface area contributed by atoms with Gasteiger partial charge in [0.25, 0.3) is 5.91 Å². The van der Waals surface area contributed by atoms with Gasteiger partial charge in [0.05, 0.1) is 12.5 Å². The van der Waals surface area contributed by atoms with Crippen molar-refractivity contribution in [1.82, 2.24) is 4.90 Å². The molecule has 16 heavy (non-hydrogen) atoms. The van der Waals surface area contributed by atoms with E-state index in [2.05, 4.69) is 6.07 Å². The van der Waals surface area contributed by atoms with Gasteiger partial charge in [-0.05, 0) is 26.0 Å². The molecule has 0 atom stereocenters. The van der Waals surface area contributed by atoms with Gasteiger partial charge in [0.1, 0.15) is 0 Å². The topological polar surface area (TPSA) is 44.1 Å². The minimum Gasteiger partial charge on any atom is -0.338 e. The number of rotatable bonds is 4. The molecule has 0 heterocycles. The third-order valence-corrected chi connectivity index (χ3v) is 2.46. The monoisotopic (exact) mass is 216 g/mol. The Labute approximate surface area is 96.3 Å². The third-order valence-electron chi connectivity index (χ3n) is 2.46. The maximum Gasteiger partial charge on any atom is 0.253 e. The van der Waals surface area contributed by atoms with Crippen molar-refractivity contribution in [2.45, 2.75) is 20.3 Å². The Morgan fingerprint density at radius 3 is 2.50 bits per heavy atom. The maximum atomic E-state index is 12.0. The van der Waals surface area contributed by atoms with Gasteiger partial charge in [-0.25, -0.2) is 0 Å². The van der Waals surface area contributed by atoms with Crippen LogP contribution in [0.1, 0.15) is 29.3 Å². The van der Waals surface area contributed by atoms with E-state index in [0.717, 1.165) is 5.56 Å². The van der Waals surface area contributed by atoms with Crippen LogP contribution < -0.4 is 0 Å². The average Bonchev–Trinajstić information content (AvgIpc) is 2.30. The molecular formula is C13H16N2O. The molecule has 0 aliphatic heterocycles. The van der Waals surface area contributed by atoms with Crippen LogP contribution in [0, 0.1) is 18.3 Å². The predicted octanol–water partition coefficient (Wildman–Crippen LogP) is 2.37. The summed E-state index contributed by atoms with van der Waals surface area (Å²) in [7, 11) is 0. The Bertz CT molecular complexity index is 389. The summed E-state index contributed by atoms with van der Waals surface area (Å²) in [6.45, 7) is 5.04. The molecule has 0 radical (unpaired) electrons. The van der Waals surface area contributed by atoms with Crippen molar-refractivity contribution in [3.8, 4) is 6.07 Å². The highest BCUT2D eigenvalue weighted by Gasteiger charge is 2.12. The lowest BCUT2D eigenvalue weighted by Crippen LogP contribution is -2.31. The first-order valence-corrected chi connectivity index (χ1v) is 5.42. The Balaban J connectivity index is 2.75. The van der Waals surface area contributed by atoms with Gasteiger partial charge >= 0.3 is 0 Å². The lowest BCUT2D eigenvalue weighted by atomic mass is 10.1. The van der Waals surface area contributed by atoms with Crippen LogP contribution in [0.3, 0.4) is 0 Å². The van der Waals surface area contributed by atoms with E-state index in [-0.39, 0.29) is 5.91 Å². The first kappa shape index (κ1) is 12.3. The highest BCUT2D eigenvalue weighted by Crippen LogP contribution is 2.07. The average molecular weight is 216 g/mol. The van der Waals surface area contributed by atoms with Gasteiger partial charge in [-0.15, -0.1) is 0 Å². The number of aryl methyl sites for hydroxylation is 1. The summed E-state index contributed by atoms with van der Waals surface area (Å²) in [6, 6.07) is 9.55. The number of carbonyl (C=O) groups is 1. The predicted molar refractivity (Wildman–Crippen MR) is 63.0 cm³/mol. The van der Waals surface area contributed by atoms with E-state index in [1.165, 1.54) is 0 Å². The van der Waals surface area contributed by atoms with Gasteiger partial charge in [0.15, 0.2) is 0 Å². The summed E-state index contributed by atoms with van der Waals surface area (Å²) in [6.07, 6.45) is 0.380. The SMILES string of the molecule is CCN(CCC#N)C(=O)c1ccc(C)cc1. The van der Waals surface area contributed by atoms with E-state index in [1.807, 2.05) is 38.1 Å². The van der Waals surface area contributed by atoms with Gasteiger partial charge in [-0.1, -0.05) is 17.7 Å². The van der Waals surface area contributed by atoms with Crippen molar-refractivity contribution in [2.75, 3.05) is 13.1 Å². The number of amides is 1. The van der Waals surface area contributed by atoms with Gasteiger partial charge in [0, 0.05) is 18.7 Å². The molecule has 1 aromatic rings. The standard InChI is InChI=1S/C13H16N2O/c1-3-15(10-4-9-14)13(16)12-7-5-11(2)6-8-12/h5-8H,3-4,10H2,1-2H3. The highest BCUT2D eigenvalue weighted by molar-refractivity contribution is 5.94. The van der Waals surface area contributed by atoms with E-state index in [1.54, 1.807) is 4.90 Å². The van der Waals surface area contributed by atoms with Gasteiger partial charge in [-0.2, -0.15) is 5.26 Å². The number of hydrogen-bond donors (Lipinski definition) is 0. The normalized spacial score (nSPS) is 9.56. The van der Waals surface area contributed by atoms with Gasteiger partial charge in [-0.3, -0.25) is 4.79 Å². The molecule has 0 aliphatic carbocycles. The Hall–Kier alpha value is -1.82. The number of hydrogen-bond acceptors (Lipinski definition) is 2. The maximum absolute atomic E-state index is 12.0. The Morgan fingerprint density at radius 2 is 2.00 bits per heavy atom. The molecule has 1 rings (SSSR count). The molecule has 0 saturated heterocycles. The van der Waals surface area contributed by atoms with E-state index in [4.69, 9.17) is 5.26 Å². The second kappa shape index (κ2) is 5.92. The molecule has 3 heteroatoms. The highest BCUT2D eigenvalue weighted by atomic mass is 16.2. The number of nitrogens with zero attached hydrogens (tertiary/aromatic N) is 2. The lowest BCUT2D eigenvalue weighted by molar-refractivity contribution is 0.0768. The smallest absolute Gasteiger partial charge is 0.253 e. The molecule has 84 valence electrons. The zero-order valence-electron chi connectivity index (χ0n) is 9.73. The van der Waals surface area contributed by atoms with Crippen LogP contribution in [0.4, 0.5) is 0 Å². The fraction of sp³-hybridized carbons (Fsp3) is 0.385. The molecule has 0 unspecified atom stereocenters. The van der Waals surface area contributed by atoms with Crippen LogP contribution in [0.15, 0.2) is 24.3 Å². The molecule has 0 aromatic heterocycles. The summed E-state index contributed by atoms with van der Waals surface area (Å²) < 4.78 is 0. The molecule has 1 amide bonds. The van der Waals surface area contributed by atoms with Crippen LogP contribution in [0.2, 0.25) is 0 Å². The fourth-order valence-corrected chi connectivity index (χ4v) is 1.47. The van der Waals surface area contributed by atoms with E-state index >= 15 is 0 Å². The van der Waals surface area contributed by atoms with Crippen molar-refractivity contribution in [2.24, 2.45) is 0 Å². The van der Waals surface area contributed by atoms with Gasteiger partial charge < -0.3 is 4.90 Å². The number of nitriles is 1. The summed E-state index contributed by atoms with van der Waals surface area (Å²) in [5.74, 6) is -0.00208. The van der Waals surface area contributed by atoms with E-state index in [9.17, 15) is 4.79 Å². The second-order valence-corrected chi connectivity index (χ2v) is 3.66. The van der Waals surface area contributed by atoms with Crippen molar-refractivity contribution >= 4 is 5.91 Å². The largest absolute Gasteiger partial charge is 0.338 e. The van der Waals surface area contributed by atoms with Crippen LogP contribution in [0.5, 0.6) is 0 Å². The lowest BCUT2D eigenvalue weighted by Gasteiger charge is -2.19. The van der Waals surface area contributed by atoms with Crippen LogP contribution in [-0.2, 0) is 0 Å². The fourth-order valence-electron chi connectivity index (χ4n) is 1.47. The molecule has 1 aromatic carbocycles. The Kier molecular flexibility index (Phi) is 4.53. The third kappa shape index (κ3) is 3.09. The van der Waals surface area contributed by atoms with Gasteiger partial charge in [0.2, 0.25) is 0 Å². The molecule has 0 saturated carbocycles. The first-order valence-electron chi connectivity index (χ1n) is 5.42. The minimum absolute atomic E-state index is 0.00208. The quantitative estimate of drug-likeness (QED) is 0.775. The van der Waals surface area contributed by atoms with Crippen LogP contribution in [-0.4, -0.2) is 23.9 Å². The molecule has 0 N–H and O–H groups in total. The van der Waals surface area contributed by atoms with Crippen molar-refractivity contribution in [1.29, 1.82) is 5.26 Å².